The molecule has 16 heavy (non-hydrogen) atoms. The molecule has 92 valence electrons. The van der Waals surface area contributed by atoms with E-state index in [1.54, 1.807) is 0 Å². The number of hydrogen-bond donors (Lipinski definition) is 1. The summed E-state index contributed by atoms with van der Waals surface area (Å²) in [6, 6.07) is 0. The third-order valence-electron chi connectivity index (χ3n) is 4.64. The van der Waals surface area contributed by atoms with Gasteiger partial charge in [-0.3, -0.25) is 9.35 Å². The number of ketones is 1. The highest BCUT2D eigenvalue weighted by Gasteiger charge is 2.69. The fraction of sp³-hybridized carbons (Fsp3) is 0.900. The Balaban J connectivity index is 2.56. The van der Waals surface area contributed by atoms with Crippen molar-refractivity contribution in [1.82, 2.24) is 0 Å². The van der Waals surface area contributed by atoms with Gasteiger partial charge in [-0.15, -0.1) is 0 Å². The van der Waals surface area contributed by atoms with Crippen LogP contribution >= 0.6 is 15.9 Å². The van der Waals surface area contributed by atoms with Gasteiger partial charge in [-0.05, 0) is 24.2 Å². The van der Waals surface area contributed by atoms with Crippen molar-refractivity contribution in [2.24, 2.45) is 16.7 Å². The molecule has 2 rings (SSSR count). The summed E-state index contributed by atoms with van der Waals surface area (Å²) in [6.45, 7) is 3.85. The topological polar surface area (TPSA) is 71.4 Å². The summed E-state index contributed by atoms with van der Waals surface area (Å²) in [4.78, 5) is 12.1. The molecule has 6 heteroatoms. The van der Waals surface area contributed by atoms with E-state index in [9.17, 15) is 17.8 Å². The first kappa shape index (κ1) is 12.5. The summed E-state index contributed by atoms with van der Waals surface area (Å²) in [5.74, 6) is 0.204. The molecule has 0 aromatic rings. The minimum absolute atomic E-state index is 0.0340. The molecule has 0 aliphatic heterocycles. The van der Waals surface area contributed by atoms with Gasteiger partial charge in [-0.2, -0.15) is 8.42 Å². The number of halogens is 1. The molecule has 0 aromatic carbocycles. The number of alkyl halides is 1. The maximum absolute atomic E-state index is 12.1. The molecule has 2 bridgehead atoms. The van der Waals surface area contributed by atoms with Crippen molar-refractivity contribution >= 4 is 31.8 Å². The molecule has 1 N–H and O–H groups in total. The van der Waals surface area contributed by atoms with Crippen LogP contribution in [0.3, 0.4) is 0 Å². The largest absolute Gasteiger partial charge is 0.299 e. The van der Waals surface area contributed by atoms with Crippen molar-refractivity contribution in [2.75, 3.05) is 0 Å². The standard InChI is InChI=1S/C10H15BrO4S/c1-9(2)6-3-4-10(9,7(12)5-6)8(11)16(13,14)15/h6,8H,3-5H2,1-2H3,(H,13,14,15)/t6?,8?,10-/m1/s1. The summed E-state index contributed by atoms with van der Waals surface area (Å²) >= 11 is 3.03. The summed E-state index contributed by atoms with van der Waals surface area (Å²) in [7, 11) is -4.24. The average Bonchev–Trinajstić information content (AvgIpc) is 2.48. The molecular weight excluding hydrogens is 296 g/mol. The van der Waals surface area contributed by atoms with Gasteiger partial charge in [-0.25, -0.2) is 0 Å². The molecule has 2 fully saturated rings. The minimum Gasteiger partial charge on any atom is -0.299 e. The van der Waals surface area contributed by atoms with Crippen molar-refractivity contribution in [3.8, 4) is 0 Å². The van der Waals surface area contributed by atoms with E-state index in [-0.39, 0.29) is 17.1 Å². The number of carbonyl (C=O) groups is 1. The predicted octanol–water partition coefficient (Wildman–Crippen LogP) is 1.99. The SMILES string of the molecule is CC1(C)C2CC[C@]1(C(Br)S(=O)(=O)O)C(=O)C2. The third-order valence-corrected chi connectivity index (χ3v) is 7.76. The van der Waals surface area contributed by atoms with Crippen molar-refractivity contribution in [2.45, 2.75) is 37.3 Å². The zero-order chi connectivity index (χ0) is 12.4. The van der Waals surface area contributed by atoms with Crippen molar-refractivity contribution < 1.29 is 17.8 Å². The Morgan fingerprint density at radius 3 is 2.38 bits per heavy atom. The average molecular weight is 311 g/mol. The van der Waals surface area contributed by atoms with Crippen LogP contribution in [0.15, 0.2) is 0 Å². The molecule has 0 spiro atoms. The Bertz CT molecular complexity index is 442. The fourth-order valence-electron chi connectivity index (χ4n) is 3.50. The van der Waals surface area contributed by atoms with Crippen LogP contribution in [0.5, 0.6) is 0 Å². The van der Waals surface area contributed by atoms with Crippen LogP contribution < -0.4 is 0 Å². The molecule has 0 heterocycles. The van der Waals surface area contributed by atoms with Crippen molar-refractivity contribution in [3.05, 3.63) is 0 Å². The van der Waals surface area contributed by atoms with Gasteiger partial charge in [0, 0.05) is 6.42 Å². The van der Waals surface area contributed by atoms with Gasteiger partial charge in [0.15, 0.2) is 4.16 Å². The lowest BCUT2D eigenvalue weighted by Crippen LogP contribution is -2.46. The maximum Gasteiger partial charge on any atom is 0.278 e. The zero-order valence-corrected chi connectivity index (χ0v) is 11.6. The van der Waals surface area contributed by atoms with Gasteiger partial charge in [0.2, 0.25) is 0 Å². The monoisotopic (exact) mass is 310 g/mol. The number of carbonyl (C=O) groups excluding carboxylic acids is 1. The quantitative estimate of drug-likeness (QED) is 0.625. The first-order valence-electron chi connectivity index (χ1n) is 5.27. The normalized spacial score (nSPS) is 39.0. The Hall–Kier alpha value is 0.0600. The van der Waals surface area contributed by atoms with Gasteiger partial charge in [0.1, 0.15) is 5.78 Å². The Kier molecular flexibility index (Phi) is 2.58. The second-order valence-electron chi connectivity index (χ2n) is 5.39. The highest BCUT2D eigenvalue weighted by molar-refractivity contribution is 9.11. The van der Waals surface area contributed by atoms with E-state index in [0.717, 1.165) is 6.42 Å². The van der Waals surface area contributed by atoms with E-state index in [1.165, 1.54) is 0 Å². The molecule has 2 aliphatic rings. The minimum atomic E-state index is -4.24. The molecule has 2 aliphatic carbocycles. The van der Waals surface area contributed by atoms with Gasteiger partial charge >= 0.3 is 0 Å². The Morgan fingerprint density at radius 2 is 2.06 bits per heavy atom. The number of rotatable bonds is 2. The van der Waals surface area contributed by atoms with E-state index in [1.807, 2.05) is 13.8 Å². The smallest absolute Gasteiger partial charge is 0.278 e. The highest BCUT2D eigenvalue weighted by atomic mass is 79.9. The predicted molar refractivity (Wildman–Crippen MR) is 62.8 cm³/mol. The lowest BCUT2D eigenvalue weighted by Gasteiger charge is -2.38. The molecule has 2 unspecified atom stereocenters. The third kappa shape index (κ3) is 1.29. The molecule has 0 radical (unpaired) electrons. The fourth-order valence-corrected chi connectivity index (χ4v) is 5.63. The van der Waals surface area contributed by atoms with Gasteiger partial charge < -0.3 is 0 Å². The summed E-state index contributed by atoms with van der Waals surface area (Å²) in [6.07, 6.45) is 1.83. The highest BCUT2D eigenvalue weighted by Crippen LogP contribution is 2.67. The number of hydrogen-bond acceptors (Lipinski definition) is 3. The Morgan fingerprint density at radius 1 is 1.50 bits per heavy atom. The van der Waals surface area contributed by atoms with Crippen LogP contribution in [0.25, 0.3) is 0 Å². The number of Topliss-reactive ketones (excluding diaryl/α,β-unsaturated/α-hetero) is 1. The lowest BCUT2D eigenvalue weighted by molar-refractivity contribution is -0.128. The van der Waals surface area contributed by atoms with E-state index in [0.29, 0.717) is 12.8 Å². The second kappa shape index (κ2) is 3.29. The van der Waals surface area contributed by atoms with Crippen LogP contribution in [0.1, 0.15) is 33.1 Å². The van der Waals surface area contributed by atoms with E-state index in [4.69, 9.17) is 0 Å². The van der Waals surface area contributed by atoms with Gasteiger partial charge in [0.25, 0.3) is 10.1 Å². The first-order chi connectivity index (χ1) is 7.14. The van der Waals surface area contributed by atoms with Gasteiger partial charge in [0.05, 0.1) is 5.41 Å². The van der Waals surface area contributed by atoms with Crippen LogP contribution in [0.2, 0.25) is 0 Å². The van der Waals surface area contributed by atoms with E-state index >= 15 is 0 Å². The molecule has 0 amide bonds. The molecule has 0 saturated heterocycles. The van der Waals surface area contributed by atoms with E-state index in [2.05, 4.69) is 15.9 Å². The summed E-state index contributed by atoms with van der Waals surface area (Å²) in [5.41, 5.74) is -1.32. The molecule has 4 nitrogen and oxygen atoms in total. The maximum atomic E-state index is 12.1. The van der Waals surface area contributed by atoms with Gasteiger partial charge in [-0.1, -0.05) is 29.8 Å². The lowest BCUT2D eigenvalue weighted by atomic mass is 9.70. The van der Waals surface area contributed by atoms with Crippen molar-refractivity contribution in [3.63, 3.8) is 0 Å². The zero-order valence-electron chi connectivity index (χ0n) is 9.23. The molecule has 2 saturated carbocycles. The van der Waals surface area contributed by atoms with Crippen LogP contribution in [-0.4, -0.2) is 22.9 Å². The van der Waals surface area contributed by atoms with Crippen LogP contribution in [0, 0.1) is 16.7 Å². The second-order valence-corrected chi connectivity index (χ2v) is 8.41. The van der Waals surface area contributed by atoms with E-state index < -0.39 is 19.7 Å². The summed E-state index contributed by atoms with van der Waals surface area (Å²) in [5, 5.41) is 0. The molecule has 3 atom stereocenters. The van der Waals surface area contributed by atoms with Crippen LogP contribution in [0.4, 0.5) is 0 Å². The molecule has 0 aromatic heterocycles. The summed E-state index contributed by atoms with van der Waals surface area (Å²) < 4.78 is 30.6. The van der Waals surface area contributed by atoms with Crippen molar-refractivity contribution in [1.29, 1.82) is 0 Å². The Labute approximate surface area is 104 Å². The van der Waals surface area contributed by atoms with Crippen LogP contribution in [-0.2, 0) is 14.9 Å². The molecular formula is C10H15BrO4S. The number of fused-ring (bicyclic) bond motifs is 2. The first-order valence-corrected chi connectivity index (χ1v) is 7.69.